The largest absolute Gasteiger partial charge is 0.573 e. The normalized spacial score (nSPS) is 20.3. The number of hydrogen-bond acceptors (Lipinski definition) is 3. The van der Waals surface area contributed by atoms with Crippen LogP contribution in [-0.2, 0) is 4.79 Å². The average Bonchev–Trinajstić information content (AvgIpc) is 2.59. The molecular formula is C11H10F3NO3. The molecule has 0 bridgehead atoms. The lowest BCUT2D eigenvalue weighted by atomic mass is 10.3. The van der Waals surface area contributed by atoms with Gasteiger partial charge < -0.3 is 14.7 Å². The van der Waals surface area contributed by atoms with Crippen LogP contribution < -0.4 is 9.64 Å². The average molecular weight is 261 g/mol. The molecule has 1 aliphatic heterocycles. The Kier molecular flexibility index (Phi) is 3.16. The molecule has 1 aliphatic rings. The number of halogens is 3. The zero-order valence-electron chi connectivity index (χ0n) is 9.15. The molecule has 7 heteroatoms. The lowest BCUT2D eigenvalue weighted by Gasteiger charge is -2.16. The Morgan fingerprint density at radius 3 is 2.33 bits per heavy atom. The Hall–Kier alpha value is -1.76. The third-order valence-electron chi connectivity index (χ3n) is 2.56. The van der Waals surface area contributed by atoms with E-state index in [1.165, 1.54) is 17.0 Å². The van der Waals surface area contributed by atoms with Gasteiger partial charge in [0.15, 0.2) is 0 Å². The van der Waals surface area contributed by atoms with Gasteiger partial charge in [-0.3, -0.25) is 4.79 Å². The predicted octanol–water partition coefficient (Wildman–Crippen LogP) is 1.68. The highest BCUT2D eigenvalue weighted by Gasteiger charge is 2.32. The van der Waals surface area contributed by atoms with Crippen molar-refractivity contribution >= 4 is 11.6 Å². The molecule has 18 heavy (non-hydrogen) atoms. The number of benzene rings is 1. The number of anilines is 1. The highest BCUT2D eigenvalue weighted by Crippen LogP contribution is 2.27. The quantitative estimate of drug-likeness (QED) is 0.881. The summed E-state index contributed by atoms with van der Waals surface area (Å²) in [6.45, 7) is 0.347. The molecule has 1 atom stereocenters. The summed E-state index contributed by atoms with van der Waals surface area (Å²) in [7, 11) is 0. The summed E-state index contributed by atoms with van der Waals surface area (Å²) in [5.74, 6) is -0.794. The minimum atomic E-state index is -4.73. The Labute approximate surface area is 101 Å². The molecule has 1 aromatic rings. The molecule has 98 valence electrons. The number of carbonyl (C=O) groups excluding carboxylic acids is 1. The van der Waals surface area contributed by atoms with E-state index < -0.39 is 18.4 Å². The van der Waals surface area contributed by atoms with Crippen LogP contribution in [0.3, 0.4) is 0 Å². The van der Waals surface area contributed by atoms with Crippen LogP contribution in [0, 0.1) is 0 Å². The zero-order chi connectivity index (χ0) is 13.3. The molecule has 0 aliphatic carbocycles. The number of hydrogen-bond donors (Lipinski definition) is 1. The van der Waals surface area contributed by atoms with Crippen LogP contribution in [0.1, 0.15) is 6.42 Å². The van der Waals surface area contributed by atoms with Crippen molar-refractivity contribution in [1.29, 1.82) is 0 Å². The molecule has 0 spiro atoms. The van der Waals surface area contributed by atoms with Gasteiger partial charge in [-0.2, -0.15) is 0 Å². The maximum absolute atomic E-state index is 11.9. The van der Waals surface area contributed by atoms with Crippen molar-refractivity contribution < 1.29 is 27.8 Å². The Morgan fingerprint density at radius 2 is 1.89 bits per heavy atom. The Bertz CT molecular complexity index is 444. The van der Waals surface area contributed by atoms with Crippen LogP contribution in [0.5, 0.6) is 5.75 Å². The van der Waals surface area contributed by atoms with Crippen molar-refractivity contribution in [3.05, 3.63) is 24.3 Å². The molecular weight excluding hydrogens is 251 g/mol. The third-order valence-corrected chi connectivity index (χ3v) is 2.56. The van der Waals surface area contributed by atoms with E-state index in [-0.39, 0.29) is 5.75 Å². The fourth-order valence-electron chi connectivity index (χ4n) is 1.75. The highest BCUT2D eigenvalue weighted by molar-refractivity contribution is 5.98. The molecule has 2 rings (SSSR count). The summed E-state index contributed by atoms with van der Waals surface area (Å²) in [5, 5.41) is 9.27. The summed E-state index contributed by atoms with van der Waals surface area (Å²) in [6.07, 6.45) is -5.45. The molecule has 0 radical (unpaired) electrons. The highest BCUT2D eigenvalue weighted by atomic mass is 19.4. The second kappa shape index (κ2) is 4.49. The number of amides is 1. The molecule has 1 N–H and O–H groups in total. The first-order valence-corrected chi connectivity index (χ1v) is 5.22. The molecule has 1 unspecified atom stereocenters. The van der Waals surface area contributed by atoms with E-state index in [0.29, 0.717) is 18.7 Å². The van der Waals surface area contributed by atoms with Crippen molar-refractivity contribution in [3.8, 4) is 5.75 Å². The Morgan fingerprint density at radius 1 is 1.28 bits per heavy atom. The maximum atomic E-state index is 11.9. The number of rotatable bonds is 2. The fourth-order valence-corrected chi connectivity index (χ4v) is 1.75. The summed E-state index contributed by atoms with van der Waals surface area (Å²) >= 11 is 0. The van der Waals surface area contributed by atoms with Crippen molar-refractivity contribution in [3.63, 3.8) is 0 Å². The fraction of sp³-hybridized carbons (Fsp3) is 0.364. The van der Waals surface area contributed by atoms with E-state index in [1.54, 1.807) is 0 Å². The molecule has 1 saturated heterocycles. The number of alkyl halides is 3. The molecule has 0 saturated carbocycles. The van der Waals surface area contributed by atoms with Crippen LogP contribution in [0.4, 0.5) is 18.9 Å². The van der Waals surface area contributed by atoms with Crippen molar-refractivity contribution in [1.82, 2.24) is 0 Å². The topological polar surface area (TPSA) is 49.8 Å². The van der Waals surface area contributed by atoms with E-state index >= 15 is 0 Å². The van der Waals surface area contributed by atoms with Gasteiger partial charge in [0.25, 0.3) is 5.91 Å². The summed E-state index contributed by atoms with van der Waals surface area (Å²) in [4.78, 5) is 12.8. The van der Waals surface area contributed by atoms with E-state index in [1.807, 2.05) is 0 Å². The van der Waals surface area contributed by atoms with Crippen LogP contribution in [0.2, 0.25) is 0 Å². The Balaban J connectivity index is 2.11. The minimum Gasteiger partial charge on any atom is -0.406 e. The maximum Gasteiger partial charge on any atom is 0.573 e. The van der Waals surface area contributed by atoms with Gasteiger partial charge >= 0.3 is 6.36 Å². The van der Waals surface area contributed by atoms with Crippen molar-refractivity contribution in [2.75, 3.05) is 11.4 Å². The van der Waals surface area contributed by atoms with Gasteiger partial charge in [0.1, 0.15) is 11.9 Å². The van der Waals surface area contributed by atoms with Gasteiger partial charge in [-0.15, -0.1) is 13.2 Å². The summed E-state index contributed by atoms with van der Waals surface area (Å²) in [6, 6.07) is 4.94. The van der Waals surface area contributed by atoms with Crippen LogP contribution >= 0.6 is 0 Å². The number of aliphatic hydroxyl groups is 1. The predicted molar refractivity (Wildman–Crippen MR) is 56.1 cm³/mol. The first-order valence-electron chi connectivity index (χ1n) is 5.22. The molecule has 0 aromatic heterocycles. The lowest BCUT2D eigenvalue weighted by Crippen LogP contribution is -2.29. The van der Waals surface area contributed by atoms with Gasteiger partial charge in [0.2, 0.25) is 0 Å². The van der Waals surface area contributed by atoms with E-state index in [4.69, 9.17) is 0 Å². The summed E-state index contributed by atoms with van der Waals surface area (Å²) < 4.78 is 39.5. The number of carbonyl (C=O) groups is 1. The molecule has 1 aromatic carbocycles. The van der Waals surface area contributed by atoms with Crippen LogP contribution in [-0.4, -0.2) is 30.0 Å². The van der Waals surface area contributed by atoms with Gasteiger partial charge in [-0.1, -0.05) is 0 Å². The number of ether oxygens (including phenoxy) is 1. The van der Waals surface area contributed by atoms with Crippen molar-refractivity contribution in [2.24, 2.45) is 0 Å². The standard InChI is InChI=1S/C11H10F3NO3/c12-11(13,14)18-8-3-1-7(2-4-8)15-6-5-9(16)10(15)17/h1-4,9,16H,5-6H2. The van der Waals surface area contributed by atoms with Gasteiger partial charge in [-0.05, 0) is 24.3 Å². The van der Waals surface area contributed by atoms with E-state index in [9.17, 15) is 23.1 Å². The van der Waals surface area contributed by atoms with Crippen LogP contribution in [0.25, 0.3) is 0 Å². The first kappa shape index (κ1) is 12.7. The van der Waals surface area contributed by atoms with Crippen molar-refractivity contribution in [2.45, 2.75) is 18.9 Å². The second-order valence-electron chi connectivity index (χ2n) is 3.84. The molecule has 4 nitrogen and oxygen atoms in total. The summed E-state index contributed by atoms with van der Waals surface area (Å²) in [5.41, 5.74) is 0.436. The SMILES string of the molecule is O=C1C(O)CCN1c1ccc(OC(F)(F)F)cc1. The smallest absolute Gasteiger partial charge is 0.406 e. The molecule has 1 amide bonds. The molecule has 1 heterocycles. The number of aliphatic hydroxyl groups excluding tert-OH is 1. The zero-order valence-corrected chi connectivity index (χ0v) is 9.15. The van der Waals surface area contributed by atoms with Gasteiger partial charge in [-0.25, -0.2) is 0 Å². The second-order valence-corrected chi connectivity index (χ2v) is 3.84. The lowest BCUT2D eigenvalue weighted by molar-refractivity contribution is -0.274. The molecule has 1 fully saturated rings. The van der Waals surface area contributed by atoms with Crippen LogP contribution in [0.15, 0.2) is 24.3 Å². The van der Waals surface area contributed by atoms with Gasteiger partial charge in [0.05, 0.1) is 0 Å². The monoisotopic (exact) mass is 261 g/mol. The third kappa shape index (κ3) is 2.73. The minimum absolute atomic E-state index is 0.319. The van der Waals surface area contributed by atoms with E-state index in [2.05, 4.69) is 4.74 Å². The first-order chi connectivity index (χ1) is 8.37. The van der Waals surface area contributed by atoms with E-state index in [0.717, 1.165) is 12.1 Å². The van der Waals surface area contributed by atoms with Gasteiger partial charge in [0, 0.05) is 18.7 Å². The number of nitrogens with zero attached hydrogens (tertiary/aromatic N) is 1.